The van der Waals surface area contributed by atoms with Crippen molar-refractivity contribution in [3.63, 3.8) is 0 Å². The van der Waals surface area contributed by atoms with E-state index in [1.165, 1.54) is 6.20 Å². The lowest BCUT2D eigenvalue weighted by Gasteiger charge is -2.05. The number of nitrogens with zero attached hydrogens (tertiary/aromatic N) is 5. The molecule has 0 aliphatic heterocycles. The second-order valence-corrected chi connectivity index (χ2v) is 6.00. The van der Waals surface area contributed by atoms with E-state index in [1.54, 1.807) is 33.8 Å². The molecule has 1 amide bonds. The Morgan fingerprint density at radius 2 is 2.00 bits per heavy atom. The predicted molar refractivity (Wildman–Crippen MR) is 91.5 cm³/mol. The molecule has 0 spiro atoms. The number of aromatic nitrogens is 5. The summed E-state index contributed by atoms with van der Waals surface area (Å²) < 4.78 is 3.34. The van der Waals surface area contributed by atoms with Crippen molar-refractivity contribution in [3.05, 3.63) is 57.7 Å². The summed E-state index contributed by atoms with van der Waals surface area (Å²) in [6.07, 6.45) is 3.16. The van der Waals surface area contributed by atoms with Crippen LogP contribution in [0, 0.1) is 13.8 Å². The van der Waals surface area contributed by atoms with Crippen LogP contribution in [0.1, 0.15) is 21.9 Å². The van der Waals surface area contributed by atoms with Crippen LogP contribution < -0.4 is 5.32 Å². The molecule has 0 aromatic carbocycles. The molecule has 3 rings (SSSR count). The number of aryl methyl sites for hydroxylation is 1. The number of rotatable bonds is 4. The van der Waals surface area contributed by atoms with Gasteiger partial charge in [-0.3, -0.25) is 9.48 Å². The summed E-state index contributed by atoms with van der Waals surface area (Å²) in [4.78, 5) is 16.2. The Balaban J connectivity index is 1.71. The van der Waals surface area contributed by atoms with Gasteiger partial charge in [0.2, 0.25) is 0 Å². The maximum Gasteiger partial charge on any atom is 0.277 e. The molecule has 0 radical (unpaired) electrons. The molecule has 9 heteroatoms. The van der Waals surface area contributed by atoms with E-state index >= 15 is 0 Å². The van der Waals surface area contributed by atoms with Crippen LogP contribution in [-0.4, -0.2) is 30.5 Å². The largest absolute Gasteiger partial charge is 0.305 e. The van der Waals surface area contributed by atoms with Gasteiger partial charge in [-0.25, -0.2) is 9.67 Å². The Morgan fingerprint density at radius 3 is 2.62 bits per heavy atom. The predicted octanol–water partition coefficient (Wildman–Crippen LogP) is 3.16. The summed E-state index contributed by atoms with van der Waals surface area (Å²) in [7, 11) is 0. The monoisotopic (exact) mass is 364 g/mol. The van der Waals surface area contributed by atoms with E-state index in [-0.39, 0.29) is 11.6 Å². The molecule has 0 aliphatic carbocycles. The average Bonchev–Trinajstić information content (AvgIpc) is 3.11. The van der Waals surface area contributed by atoms with Gasteiger partial charge in [-0.05, 0) is 32.0 Å². The molecule has 0 fully saturated rings. The van der Waals surface area contributed by atoms with Crippen LogP contribution in [-0.2, 0) is 6.67 Å². The van der Waals surface area contributed by atoms with Gasteiger partial charge >= 0.3 is 0 Å². The first-order valence-corrected chi connectivity index (χ1v) is 7.85. The van der Waals surface area contributed by atoms with Crippen molar-refractivity contribution in [3.8, 4) is 0 Å². The van der Waals surface area contributed by atoms with Gasteiger partial charge in [0.1, 0.15) is 12.5 Å². The van der Waals surface area contributed by atoms with Gasteiger partial charge in [-0.2, -0.15) is 10.2 Å². The third-order valence-corrected chi connectivity index (χ3v) is 4.18. The zero-order chi connectivity index (χ0) is 17.3. The smallest absolute Gasteiger partial charge is 0.277 e. The van der Waals surface area contributed by atoms with E-state index in [4.69, 9.17) is 23.2 Å². The fraction of sp³-hybridized carbons (Fsp3) is 0.200. The number of hydrogen-bond acceptors (Lipinski definition) is 4. The first-order valence-electron chi connectivity index (χ1n) is 7.10. The summed E-state index contributed by atoms with van der Waals surface area (Å²) in [5, 5.41) is 12.4. The van der Waals surface area contributed by atoms with E-state index in [0.717, 1.165) is 11.4 Å². The molecule has 0 unspecified atom stereocenters. The maximum absolute atomic E-state index is 12.2. The van der Waals surface area contributed by atoms with Gasteiger partial charge in [0.25, 0.3) is 5.91 Å². The van der Waals surface area contributed by atoms with E-state index < -0.39 is 0 Å². The molecule has 0 saturated carbocycles. The van der Waals surface area contributed by atoms with Crippen molar-refractivity contribution in [2.45, 2.75) is 20.5 Å². The molecule has 24 heavy (non-hydrogen) atoms. The van der Waals surface area contributed by atoms with Crippen LogP contribution in [0.15, 0.2) is 30.6 Å². The molecule has 1 N–H and O–H groups in total. The highest BCUT2D eigenvalue weighted by Gasteiger charge is 2.13. The Kier molecular flexibility index (Phi) is 4.55. The summed E-state index contributed by atoms with van der Waals surface area (Å²) in [5.74, 6) is 0.0549. The molecule has 124 valence electrons. The van der Waals surface area contributed by atoms with Crippen molar-refractivity contribution in [2.75, 3.05) is 5.32 Å². The first-order chi connectivity index (χ1) is 11.4. The molecule has 0 atom stereocenters. The van der Waals surface area contributed by atoms with Crippen LogP contribution in [0.4, 0.5) is 5.82 Å². The first kappa shape index (κ1) is 16.5. The fourth-order valence-electron chi connectivity index (χ4n) is 2.14. The van der Waals surface area contributed by atoms with Gasteiger partial charge in [0.15, 0.2) is 5.69 Å². The standard InChI is InChI=1S/C15H14Cl2N6O/c1-9-14(17)10(2)23(20-9)8-22-6-5-12(21-22)15(24)19-13-4-3-11(16)7-18-13/h3-7H,8H2,1-2H3,(H,18,19,24). The van der Waals surface area contributed by atoms with Gasteiger partial charge < -0.3 is 5.32 Å². The topological polar surface area (TPSA) is 77.6 Å². The Labute approximate surface area is 148 Å². The highest BCUT2D eigenvalue weighted by Crippen LogP contribution is 2.18. The molecule has 3 heterocycles. The Bertz CT molecular complexity index is 884. The highest BCUT2D eigenvalue weighted by atomic mass is 35.5. The third-order valence-electron chi connectivity index (χ3n) is 3.41. The van der Waals surface area contributed by atoms with Crippen LogP contribution in [0.2, 0.25) is 10.0 Å². The number of anilines is 1. The summed E-state index contributed by atoms with van der Waals surface area (Å²) >= 11 is 11.9. The number of halogens is 2. The Hall–Kier alpha value is -2.38. The van der Waals surface area contributed by atoms with E-state index in [9.17, 15) is 4.79 Å². The van der Waals surface area contributed by atoms with E-state index in [1.807, 2.05) is 13.8 Å². The van der Waals surface area contributed by atoms with E-state index in [2.05, 4.69) is 20.5 Å². The number of pyridine rings is 1. The molecule has 3 aromatic heterocycles. The van der Waals surface area contributed by atoms with Crippen molar-refractivity contribution in [1.29, 1.82) is 0 Å². The quantitative estimate of drug-likeness (QED) is 0.771. The molecular formula is C15H14Cl2N6O. The van der Waals surface area contributed by atoms with Crippen molar-refractivity contribution < 1.29 is 4.79 Å². The fourth-order valence-corrected chi connectivity index (χ4v) is 2.39. The average molecular weight is 365 g/mol. The van der Waals surface area contributed by atoms with Gasteiger partial charge in [0, 0.05) is 12.4 Å². The van der Waals surface area contributed by atoms with Crippen molar-refractivity contribution in [2.24, 2.45) is 0 Å². The number of hydrogen-bond donors (Lipinski definition) is 1. The second kappa shape index (κ2) is 6.62. The Morgan fingerprint density at radius 1 is 1.21 bits per heavy atom. The van der Waals surface area contributed by atoms with Crippen LogP contribution in [0.5, 0.6) is 0 Å². The number of carbonyl (C=O) groups is 1. The molecule has 3 aromatic rings. The number of carbonyl (C=O) groups excluding carboxylic acids is 1. The molecule has 0 saturated heterocycles. The van der Waals surface area contributed by atoms with Crippen LogP contribution in [0.25, 0.3) is 0 Å². The molecule has 0 aliphatic rings. The molecule has 0 bridgehead atoms. The number of amides is 1. The SMILES string of the molecule is Cc1nn(Cn2ccc(C(=O)Nc3ccc(Cl)cn3)n2)c(C)c1Cl. The highest BCUT2D eigenvalue weighted by molar-refractivity contribution is 6.31. The minimum atomic E-state index is -0.352. The maximum atomic E-state index is 12.2. The minimum Gasteiger partial charge on any atom is -0.305 e. The lowest BCUT2D eigenvalue weighted by atomic mass is 10.4. The van der Waals surface area contributed by atoms with Crippen LogP contribution in [0.3, 0.4) is 0 Å². The van der Waals surface area contributed by atoms with E-state index in [0.29, 0.717) is 22.5 Å². The third kappa shape index (κ3) is 3.42. The van der Waals surface area contributed by atoms with Gasteiger partial charge in [0.05, 0.1) is 21.4 Å². The zero-order valence-electron chi connectivity index (χ0n) is 13.0. The lowest BCUT2D eigenvalue weighted by Crippen LogP contribution is -2.16. The number of nitrogens with one attached hydrogen (secondary N) is 1. The van der Waals surface area contributed by atoms with Crippen molar-refractivity contribution in [1.82, 2.24) is 24.5 Å². The van der Waals surface area contributed by atoms with Gasteiger partial charge in [-0.1, -0.05) is 23.2 Å². The summed E-state index contributed by atoms with van der Waals surface area (Å²) in [5.41, 5.74) is 1.88. The van der Waals surface area contributed by atoms with Gasteiger partial charge in [-0.15, -0.1) is 0 Å². The molecular weight excluding hydrogens is 351 g/mol. The summed E-state index contributed by atoms with van der Waals surface area (Å²) in [6, 6.07) is 4.89. The van der Waals surface area contributed by atoms with Crippen molar-refractivity contribution >= 4 is 34.9 Å². The minimum absolute atomic E-state index is 0.277. The van der Waals surface area contributed by atoms with Crippen LogP contribution >= 0.6 is 23.2 Å². The molecule has 7 nitrogen and oxygen atoms in total. The zero-order valence-corrected chi connectivity index (χ0v) is 14.5. The normalized spacial score (nSPS) is 10.8. The summed E-state index contributed by atoms with van der Waals surface area (Å²) in [6.45, 7) is 4.09. The second-order valence-electron chi connectivity index (χ2n) is 5.18. The lowest BCUT2D eigenvalue weighted by molar-refractivity contribution is 0.102.